The summed E-state index contributed by atoms with van der Waals surface area (Å²) in [7, 11) is 2.05. The van der Waals surface area contributed by atoms with E-state index < -0.39 is 0 Å². The Morgan fingerprint density at radius 1 is 1.35 bits per heavy atom. The molecule has 2 unspecified atom stereocenters. The molecule has 94 valence electrons. The summed E-state index contributed by atoms with van der Waals surface area (Å²) in [6.07, 6.45) is 4.87. The van der Waals surface area contributed by atoms with Gasteiger partial charge in [0.05, 0.1) is 10.0 Å². The molecule has 1 aliphatic carbocycles. The number of hydrogen-bond donors (Lipinski definition) is 1. The van der Waals surface area contributed by atoms with Crippen molar-refractivity contribution >= 4 is 23.2 Å². The van der Waals surface area contributed by atoms with Gasteiger partial charge in [-0.1, -0.05) is 36.2 Å². The van der Waals surface area contributed by atoms with E-state index >= 15 is 0 Å². The van der Waals surface area contributed by atoms with Crippen LogP contribution in [-0.4, -0.2) is 13.1 Å². The Kier molecular flexibility index (Phi) is 4.02. The predicted octanol–water partition coefficient (Wildman–Crippen LogP) is 4.31. The van der Waals surface area contributed by atoms with Crippen LogP contribution in [0.15, 0.2) is 18.2 Å². The molecular weight excluding hydrogens is 253 g/mol. The zero-order valence-electron chi connectivity index (χ0n) is 10.4. The maximum absolute atomic E-state index is 6.06. The highest BCUT2D eigenvalue weighted by Gasteiger charge is 2.34. The molecule has 1 saturated carbocycles. The quantitative estimate of drug-likeness (QED) is 0.864. The van der Waals surface area contributed by atoms with Crippen molar-refractivity contribution in [2.75, 3.05) is 7.05 Å². The molecule has 1 nitrogen and oxygen atoms in total. The number of halogens is 2. The van der Waals surface area contributed by atoms with E-state index in [9.17, 15) is 0 Å². The van der Waals surface area contributed by atoms with Gasteiger partial charge in [-0.2, -0.15) is 0 Å². The van der Waals surface area contributed by atoms with E-state index in [-0.39, 0.29) is 0 Å². The summed E-state index contributed by atoms with van der Waals surface area (Å²) >= 11 is 12.0. The van der Waals surface area contributed by atoms with Crippen molar-refractivity contribution in [3.05, 3.63) is 33.8 Å². The van der Waals surface area contributed by atoms with Crippen molar-refractivity contribution in [3.63, 3.8) is 0 Å². The fourth-order valence-corrected chi connectivity index (χ4v) is 3.19. The van der Waals surface area contributed by atoms with E-state index in [0.29, 0.717) is 21.5 Å². The third kappa shape index (κ3) is 3.15. The van der Waals surface area contributed by atoms with Crippen molar-refractivity contribution in [2.45, 2.75) is 38.6 Å². The fourth-order valence-electron chi connectivity index (χ4n) is 2.87. The molecule has 0 bridgehead atoms. The topological polar surface area (TPSA) is 12.0 Å². The molecule has 0 radical (unpaired) electrons. The van der Waals surface area contributed by atoms with Crippen LogP contribution in [0.1, 0.15) is 31.7 Å². The first-order chi connectivity index (χ1) is 8.02. The molecule has 2 rings (SSSR count). The Morgan fingerprint density at radius 3 is 2.71 bits per heavy atom. The average Bonchev–Trinajstić information content (AvgIpc) is 2.66. The van der Waals surface area contributed by atoms with Crippen LogP contribution in [0.5, 0.6) is 0 Å². The molecule has 0 amide bonds. The highest BCUT2D eigenvalue weighted by Crippen LogP contribution is 2.41. The van der Waals surface area contributed by atoms with Gasteiger partial charge in [-0.05, 0) is 55.8 Å². The molecule has 17 heavy (non-hydrogen) atoms. The van der Waals surface area contributed by atoms with Crippen LogP contribution in [0.2, 0.25) is 10.0 Å². The molecule has 1 fully saturated rings. The maximum Gasteiger partial charge on any atom is 0.0595 e. The minimum Gasteiger partial charge on any atom is -0.317 e. The first-order valence-electron chi connectivity index (χ1n) is 6.14. The zero-order chi connectivity index (χ0) is 12.5. The standard InChI is InChI=1S/C14H19Cl2N/c1-14(6-5-11(9-14)17-2)8-10-3-4-12(15)13(16)7-10/h3-4,7,11,17H,5-6,8-9H2,1-2H3. The number of benzene rings is 1. The summed E-state index contributed by atoms with van der Waals surface area (Å²) in [6.45, 7) is 2.37. The monoisotopic (exact) mass is 271 g/mol. The third-order valence-electron chi connectivity index (χ3n) is 3.86. The smallest absolute Gasteiger partial charge is 0.0595 e. The van der Waals surface area contributed by atoms with Gasteiger partial charge in [0.2, 0.25) is 0 Å². The van der Waals surface area contributed by atoms with E-state index in [2.05, 4.69) is 25.4 Å². The molecule has 0 saturated heterocycles. The lowest BCUT2D eigenvalue weighted by Crippen LogP contribution is -2.24. The van der Waals surface area contributed by atoms with Crippen LogP contribution < -0.4 is 5.32 Å². The Labute approximate surface area is 114 Å². The van der Waals surface area contributed by atoms with Crippen molar-refractivity contribution in [3.8, 4) is 0 Å². The van der Waals surface area contributed by atoms with Crippen molar-refractivity contribution in [1.29, 1.82) is 0 Å². The van der Waals surface area contributed by atoms with Gasteiger partial charge in [-0.3, -0.25) is 0 Å². The van der Waals surface area contributed by atoms with Crippen molar-refractivity contribution in [1.82, 2.24) is 5.32 Å². The van der Waals surface area contributed by atoms with Gasteiger partial charge in [0, 0.05) is 6.04 Å². The van der Waals surface area contributed by atoms with Crippen molar-refractivity contribution in [2.24, 2.45) is 5.41 Å². The molecule has 1 aliphatic rings. The Bertz CT molecular complexity index is 405. The van der Waals surface area contributed by atoms with Gasteiger partial charge in [0.15, 0.2) is 0 Å². The molecular formula is C14H19Cl2N. The lowest BCUT2D eigenvalue weighted by atomic mass is 9.82. The van der Waals surface area contributed by atoms with Crippen LogP contribution >= 0.6 is 23.2 Å². The normalized spacial score (nSPS) is 28.6. The Balaban J connectivity index is 2.08. The molecule has 0 heterocycles. The second-order valence-electron chi connectivity index (χ2n) is 5.46. The van der Waals surface area contributed by atoms with Crippen molar-refractivity contribution < 1.29 is 0 Å². The summed E-state index contributed by atoms with van der Waals surface area (Å²) in [5.41, 5.74) is 1.68. The molecule has 0 aromatic heterocycles. The Morgan fingerprint density at radius 2 is 2.12 bits per heavy atom. The fraction of sp³-hybridized carbons (Fsp3) is 0.571. The van der Waals surface area contributed by atoms with Crippen LogP contribution in [-0.2, 0) is 6.42 Å². The second-order valence-corrected chi connectivity index (χ2v) is 6.28. The highest BCUT2D eigenvalue weighted by atomic mass is 35.5. The number of hydrogen-bond acceptors (Lipinski definition) is 1. The molecule has 1 N–H and O–H groups in total. The highest BCUT2D eigenvalue weighted by molar-refractivity contribution is 6.42. The predicted molar refractivity (Wildman–Crippen MR) is 75.0 cm³/mol. The minimum atomic E-state index is 0.394. The average molecular weight is 272 g/mol. The first kappa shape index (κ1) is 13.2. The summed E-state index contributed by atoms with van der Waals surface area (Å²) in [4.78, 5) is 0. The lowest BCUT2D eigenvalue weighted by molar-refractivity contribution is 0.324. The Hall–Kier alpha value is -0.240. The maximum atomic E-state index is 6.06. The van der Waals surface area contributed by atoms with Gasteiger partial charge in [-0.25, -0.2) is 0 Å². The summed E-state index contributed by atoms with van der Waals surface area (Å²) in [6, 6.07) is 6.66. The summed E-state index contributed by atoms with van der Waals surface area (Å²) in [5, 5.41) is 4.68. The van der Waals surface area contributed by atoms with E-state index in [4.69, 9.17) is 23.2 Å². The van der Waals surface area contributed by atoms with Crippen LogP contribution in [0, 0.1) is 5.41 Å². The summed E-state index contributed by atoms with van der Waals surface area (Å²) < 4.78 is 0. The first-order valence-corrected chi connectivity index (χ1v) is 6.89. The van der Waals surface area contributed by atoms with E-state index in [1.165, 1.54) is 24.8 Å². The van der Waals surface area contributed by atoms with E-state index in [1.54, 1.807) is 0 Å². The van der Waals surface area contributed by atoms with Crippen LogP contribution in [0.4, 0.5) is 0 Å². The van der Waals surface area contributed by atoms with E-state index in [0.717, 1.165) is 6.42 Å². The van der Waals surface area contributed by atoms with Gasteiger partial charge in [-0.15, -0.1) is 0 Å². The second kappa shape index (κ2) is 5.17. The zero-order valence-corrected chi connectivity index (χ0v) is 11.9. The van der Waals surface area contributed by atoms with Crippen LogP contribution in [0.3, 0.4) is 0 Å². The molecule has 2 atom stereocenters. The van der Waals surface area contributed by atoms with E-state index in [1.807, 2.05) is 12.1 Å². The lowest BCUT2D eigenvalue weighted by Gasteiger charge is -2.24. The minimum absolute atomic E-state index is 0.394. The molecule has 1 aromatic carbocycles. The van der Waals surface area contributed by atoms with Gasteiger partial charge in [0.1, 0.15) is 0 Å². The molecule has 0 spiro atoms. The SMILES string of the molecule is CNC1CCC(C)(Cc2ccc(Cl)c(Cl)c2)C1. The molecule has 1 aromatic rings. The number of rotatable bonds is 3. The summed E-state index contributed by atoms with van der Waals surface area (Å²) in [5.74, 6) is 0. The van der Waals surface area contributed by atoms with Crippen LogP contribution in [0.25, 0.3) is 0 Å². The van der Waals surface area contributed by atoms with Gasteiger partial charge in [0.25, 0.3) is 0 Å². The largest absolute Gasteiger partial charge is 0.317 e. The molecule has 3 heteroatoms. The number of nitrogens with one attached hydrogen (secondary N) is 1. The molecule has 0 aliphatic heterocycles. The third-order valence-corrected chi connectivity index (χ3v) is 4.60. The van der Waals surface area contributed by atoms with Gasteiger partial charge < -0.3 is 5.32 Å². The van der Waals surface area contributed by atoms with Gasteiger partial charge >= 0.3 is 0 Å².